The Bertz CT molecular complexity index is 326. The van der Waals surface area contributed by atoms with Crippen LogP contribution in [0.1, 0.15) is 51.4 Å². The van der Waals surface area contributed by atoms with E-state index < -0.39 is 5.54 Å². The quantitative estimate of drug-likeness (QED) is 0.702. The van der Waals surface area contributed by atoms with Crippen LogP contribution in [-0.4, -0.2) is 29.9 Å². The average Bonchev–Trinajstić information content (AvgIpc) is 3.10. The summed E-state index contributed by atoms with van der Waals surface area (Å²) in [5.41, 5.74) is 5.10. The number of carbonyl (C=O) groups excluding carboxylic acids is 2. The zero-order valence-corrected chi connectivity index (χ0v) is 12.1. The van der Waals surface area contributed by atoms with Crippen molar-refractivity contribution in [1.29, 1.82) is 0 Å². The molecule has 6 heteroatoms. The first-order valence-corrected chi connectivity index (χ1v) is 6.97. The monoisotopic (exact) mass is 289 g/mol. The molecule has 2 aliphatic rings. The smallest absolute Gasteiger partial charge is 0.240 e. The van der Waals surface area contributed by atoms with E-state index in [9.17, 15) is 9.59 Å². The highest BCUT2D eigenvalue weighted by Crippen LogP contribution is 2.31. The fourth-order valence-corrected chi connectivity index (χ4v) is 2.37. The first-order chi connectivity index (χ1) is 8.60. The Hall–Kier alpha value is -0.810. The van der Waals surface area contributed by atoms with Gasteiger partial charge in [-0.3, -0.25) is 9.59 Å². The molecule has 19 heavy (non-hydrogen) atoms. The summed E-state index contributed by atoms with van der Waals surface area (Å²) < 4.78 is 0. The van der Waals surface area contributed by atoms with Crippen molar-refractivity contribution in [3.05, 3.63) is 0 Å². The van der Waals surface area contributed by atoms with Gasteiger partial charge in [0.25, 0.3) is 0 Å². The Morgan fingerprint density at radius 1 is 1.16 bits per heavy atom. The number of amides is 2. The molecule has 0 aliphatic heterocycles. The second-order valence-electron chi connectivity index (χ2n) is 5.56. The van der Waals surface area contributed by atoms with Crippen molar-refractivity contribution in [3.8, 4) is 0 Å². The minimum absolute atomic E-state index is 0. The van der Waals surface area contributed by atoms with Crippen molar-refractivity contribution in [2.75, 3.05) is 6.54 Å². The summed E-state index contributed by atoms with van der Waals surface area (Å²) in [6.07, 6.45) is 7.72. The first-order valence-electron chi connectivity index (χ1n) is 6.97. The molecule has 0 saturated heterocycles. The second-order valence-corrected chi connectivity index (χ2v) is 5.56. The van der Waals surface area contributed by atoms with Gasteiger partial charge in [0.05, 0.1) is 5.54 Å². The molecule has 2 aliphatic carbocycles. The normalized spacial score (nSPS) is 21.1. The zero-order valence-electron chi connectivity index (χ0n) is 11.2. The minimum Gasteiger partial charge on any atom is -0.354 e. The highest BCUT2D eigenvalue weighted by molar-refractivity contribution is 5.89. The van der Waals surface area contributed by atoms with E-state index in [1.54, 1.807) is 0 Å². The highest BCUT2D eigenvalue weighted by atomic mass is 35.5. The Labute approximate surface area is 120 Å². The van der Waals surface area contributed by atoms with E-state index in [1.807, 2.05) is 0 Å². The molecule has 2 rings (SSSR count). The third-order valence-corrected chi connectivity index (χ3v) is 3.85. The lowest BCUT2D eigenvalue weighted by atomic mass is 9.95. The number of nitrogens with one attached hydrogen (secondary N) is 2. The maximum Gasteiger partial charge on any atom is 0.240 e. The van der Waals surface area contributed by atoms with Crippen LogP contribution in [-0.2, 0) is 9.59 Å². The maximum absolute atomic E-state index is 11.7. The molecule has 0 spiro atoms. The third kappa shape index (κ3) is 4.99. The zero-order chi connectivity index (χ0) is 13.0. The van der Waals surface area contributed by atoms with E-state index in [-0.39, 0.29) is 24.2 Å². The molecule has 5 nitrogen and oxygen atoms in total. The van der Waals surface area contributed by atoms with Crippen LogP contribution in [0.4, 0.5) is 0 Å². The van der Waals surface area contributed by atoms with E-state index >= 15 is 0 Å². The van der Waals surface area contributed by atoms with Crippen LogP contribution in [0, 0.1) is 0 Å². The fourth-order valence-electron chi connectivity index (χ4n) is 2.37. The van der Waals surface area contributed by atoms with E-state index in [1.165, 1.54) is 19.3 Å². The van der Waals surface area contributed by atoms with E-state index in [2.05, 4.69) is 10.6 Å². The first kappa shape index (κ1) is 16.2. The Morgan fingerprint density at radius 2 is 1.79 bits per heavy atom. The van der Waals surface area contributed by atoms with Gasteiger partial charge in [-0.25, -0.2) is 0 Å². The van der Waals surface area contributed by atoms with Crippen LogP contribution in [0.25, 0.3) is 0 Å². The summed E-state index contributed by atoms with van der Waals surface area (Å²) in [6, 6.07) is 0.339. The molecule has 2 fully saturated rings. The average molecular weight is 290 g/mol. The van der Waals surface area contributed by atoms with Crippen LogP contribution >= 0.6 is 12.4 Å². The molecule has 2 saturated carbocycles. The van der Waals surface area contributed by atoms with Gasteiger partial charge < -0.3 is 16.4 Å². The van der Waals surface area contributed by atoms with Gasteiger partial charge >= 0.3 is 0 Å². The SMILES string of the molecule is Cl.NC1(C(=O)NCCC(=O)NC2CCCCC2)CC1. The van der Waals surface area contributed by atoms with Crippen molar-refractivity contribution in [2.45, 2.75) is 62.9 Å². The number of hydrogen-bond donors (Lipinski definition) is 3. The van der Waals surface area contributed by atoms with Crippen molar-refractivity contribution in [1.82, 2.24) is 10.6 Å². The largest absolute Gasteiger partial charge is 0.354 e. The molecular weight excluding hydrogens is 266 g/mol. The second kappa shape index (κ2) is 7.10. The Kier molecular flexibility index (Phi) is 6.07. The Morgan fingerprint density at radius 3 is 2.37 bits per heavy atom. The molecular formula is C13H24ClN3O2. The van der Waals surface area contributed by atoms with Crippen LogP contribution in [0.15, 0.2) is 0 Å². The predicted molar refractivity (Wildman–Crippen MR) is 76.0 cm³/mol. The summed E-state index contributed by atoms with van der Waals surface area (Å²) in [5, 5.41) is 5.75. The van der Waals surface area contributed by atoms with Gasteiger partial charge in [0.1, 0.15) is 0 Å². The summed E-state index contributed by atoms with van der Waals surface area (Å²) >= 11 is 0. The number of halogens is 1. The van der Waals surface area contributed by atoms with Crippen molar-refractivity contribution in [2.24, 2.45) is 5.73 Å². The van der Waals surface area contributed by atoms with E-state index in [4.69, 9.17) is 5.73 Å². The highest BCUT2D eigenvalue weighted by Gasteiger charge is 2.45. The summed E-state index contributed by atoms with van der Waals surface area (Å²) in [4.78, 5) is 23.2. The van der Waals surface area contributed by atoms with Crippen LogP contribution in [0.5, 0.6) is 0 Å². The van der Waals surface area contributed by atoms with Crippen LogP contribution < -0.4 is 16.4 Å². The van der Waals surface area contributed by atoms with Crippen molar-refractivity contribution >= 4 is 24.2 Å². The predicted octanol–water partition coefficient (Wildman–Crippen LogP) is 0.855. The molecule has 110 valence electrons. The third-order valence-electron chi connectivity index (χ3n) is 3.85. The molecule has 0 unspecified atom stereocenters. The van der Waals surface area contributed by atoms with Gasteiger partial charge in [0.2, 0.25) is 11.8 Å². The number of nitrogens with two attached hydrogens (primary N) is 1. The lowest BCUT2D eigenvalue weighted by molar-refractivity contribution is -0.124. The molecule has 0 radical (unpaired) electrons. The molecule has 0 bridgehead atoms. The molecule has 0 aromatic heterocycles. The molecule has 4 N–H and O–H groups in total. The molecule has 0 aromatic carbocycles. The van der Waals surface area contributed by atoms with Crippen molar-refractivity contribution in [3.63, 3.8) is 0 Å². The van der Waals surface area contributed by atoms with Gasteiger partial charge in [0.15, 0.2) is 0 Å². The van der Waals surface area contributed by atoms with Gasteiger partial charge in [-0.05, 0) is 25.7 Å². The fraction of sp³-hybridized carbons (Fsp3) is 0.846. The van der Waals surface area contributed by atoms with E-state index in [0.717, 1.165) is 25.7 Å². The molecule has 0 atom stereocenters. The lowest BCUT2D eigenvalue weighted by Crippen LogP contribution is -2.44. The standard InChI is InChI=1S/C13H23N3O2.ClH/c14-13(7-8-13)12(18)15-9-6-11(17)16-10-4-2-1-3-5-10;/h10H,1-9,14H2,(H,15,18)(H,16,17);1H. The van der Waals surface area contributed by atoms with Crippen LogP contribution in [0.2, 0.25) is 0 Å². The topological polar surface area (TPSA) is 84.2 Å². The molecule has 2 amide bonds. The van der Waals surface area contributed by atoms with Gasteiger partial charge in [-0.1, -0.05) is 19.3 Å². The lowest BCUT2D eigenvalue weighted by Gasteiger charge is -2.22. The number of rotatable bonds is 5. The minimum atomic E-state index is -0.639. The maximum atomic E-state index is 11.7. The van der Waals surface area contributed by atoms with Crippen LogP contribution in [0.3, 0.4) is 0 Å². The molecule has 0 aromatic rings. The van der Waals surface area contributed by atoms with E-state index in [0.29, 0.717) is 19.0 Å². The number of carbonyl (C=O) groups is 2. The van der Waals surface area contributed by atoms with Gasteiger partial charge in [-0.15, -0.1) is 12.4 Å². The summed E-state index contributed by atoms with van der Waals surface area (Å²) in [5.74, 6) is -0.0861. The van der Waals surface area contributed by atoms with Gasteiger partial charge in [0, 0.05) is 19.0 Å². The summed E-state index contributed by atoms with van der Waals surface area (Å²) in [7, 11) is 0. The Balaban J connectivity index is 0.00000180. The molecule has 0 heterocycles. The van der Waals surface area contributed by atoms with Gasteiger partial charge in [-0.2, -0.15) is 0 Å². The van der Waals surface area contributed by atoms with Crippen molar-refractivity contribution < 1.29 is 9.59 Å². The summed E-state index contributed by atoms with van der Waals surface area (Å²) in [6.45, 7) is 0.385. The number of hydrogen-bond acceptors (Lipinski definition) is 3.